The van der Waals surface area contributed by atoms with Gasteiger partial charge in [0.25, 0.3) is 5.91 Å². The lowest BCUT2D eigenvalue weighted by Crippen LogP contribution is -2.36. The van der Waals surface area contributed by atoms with E-state index in [1.165, 1.54) is 0 Å². The Bertz CT molecular complexity index is 675. The minimum absolute atomic E-state index is 0.0319. The average molecular weight is 361 g/mol. The first kappa shape index (κ1) is 18.8. The molecule has 0 atom stereocenters. The van der Waals surface area contributed by atoms with Gasteiger partial charge in [-0.3, -0.25) is 9.59 Å². The van der Waals surface area contributed by atoms with Crippen molar-refractivity contribution in [1.82, 2.24) is 10.6 Å². The fourth-order valence-corrected chi connectivity index (χ4v) is 2.25. The standard InChI is InChI=1S/C19H21ClN2O3/c20-16-7-9-17(10-8-16)25-14-19(24)22-13-12-21-18(23)11-6-15-4-2-1-3-5-15/h1-5,7-10H,6,11-14H2,(H,21,23)(H,22,24). The number of hydrogen-bond acceptors (Lipinski definition) is 3. The summed E-state index contributed by atoms with van der Waals surface area (Å²) in [5.74, 6) is 0.303. The van der Waals surface area contributed by atoms with E-state index in [0.717, 1.165) is 5.56 Å². The molecule has 132 valence electrons. The molecule has 2 N–H and O–H groups in total. The summed E-state index contributed by atoms with van der Waals surface area (Å²) in [7, 11) is 0. The molecule has 0 unspecified atom stereocenters. The summed E-state index contributed by atoms with van der Waals surface area (Å²) < 4.78 is 5.33. The van der Waals surface area contributed by atoms with Crippen LogP contribution in [-0.2, 0) is 16.0 Å². The van der Waals surface area contributed by atoms with Crippen LogP contribution in [0.1, 0.15) is 12.0 Å². The SMILES string of the molecule is O=C(CCc1ccccc1)NCCNC(=O)COc1ccc(Cl)cc1. The number of carbonyl (C=O) groups excluding carboxylic acids is 2. The summed E-state index contributed by atoms with van der Waals surface area (Å²) in [6.45, 7) is 0.670. The molecule has 0 heterocycles. The third-order valence-corrected chi connectivity index (χ3v) is 3.69. The van der Waals surface area contributed by atoms with Crippen LogP contribution >= 0.6 is 11.6 Å². The van der Waals surface area contributed by atoms with E-state index < -0.39 is 0 Å². The number of halogens is 1. The van der Waals surface area contributed by atoms with Crippen molar-refractivity contribution >= 4 is 23.4 Å². The van der Waals surface area contributed by atoms with Crippen molar-refractivity contribution in [2.45, 2.75) is 12.8 Å². The van der Waals surface area contributed by atoms with Gasteiger partial charge in [0.15, 0.2) is 6.61 Å². The van der Waals surface area contributed by atoms with E-state index in [2.05, 4.69) is 10.6 Å². The van der Waals surface area contributed by atoms with Gasteiger partial charge < -0.3 is 15.4 Å². The molecule has 2 rings (SSSR count). The molecule has 2 aromatic carbocycles. The number of nitrogens with one attached hydrogen (secondary N) is 2. The predicted octanol–water partition coefficient (Wildman–Crippen LogP) is 2.58. The predicted molar refractivity (Wildman–Crippen MR) is 97.7 cm³/mol. The van der Waals surface area contributed by atoms with Crippen molar-refractivity contribution < 1.29 is 14.3 Å². The van der Waals surface area contributed by atoms with Gasteiger partial charge in [-0.2, -0.15) is 0 Å². The quantitative estimate of drug-likeness (QED) is 0.675. The van der Waals surface area contributed by atoms with Crippen LogP contribution in [0, 0.1) is 0 Å². The molecule has 2 aromatic rings. The van der Waals surface area contributed by atoms with Crippen molar-refractivity contribution in [3.63, 3.8) is 0 Å². The molecule has 0 fully saturated rings. The zero-order valence-electron chi connectivity index (χ0n) is 13.8. The average Bonchev–Trinajstić information content (AvgIpc) is 2.64. The van der Waals surface area contributed by atoms with E-state index in [0.29, 0.717) is 36.7 Å². The van der Waals surface area contributed by atoms with E-state index in [1.807, 2.05) is 30.3 Å². The Kier molecular flexibility index (Phi) is 7.79. The van der Waals surface area contributed by atoms with Gasteiger partial charge >= 0.3 is 0 Å². The molecule has 0 saturated carbocycles. The Morgan fingerprint density at radius 2 is 1.52 bits per heavy atom. The third-order valence-electron chi connectivity index (χ3n) is 3.44. The smallest absolute Gasteiger partial charge is 0.258 e. The molecular formula is C19H21ClN2O3. The Morgan fingerprint density at radius 1 is 0.880 bits per heavy atom. The molecular weight excluding hydrogens is 340 g/mol. The second-order valence-corrected chi connectivity index (χ2v) is 5.86. The maximum Gasteiger partial charge on any atom is 0.258 e. The normalized spacial score (nSPS) is 10.1. The molecule has 2 amide bonds. The maximum atomic E-state index is 11.7. The van der Waals surface area contributed by atoms with Gasteiger partial charge in [0, 0.05) is 24.5 Å². The molecule has 0 aliphatic carbocycles. The minimum Gasteiger partial charge on any atom is -0.484 e. The van der Waals surface area contributed by atoms with Crippen LogP contribution in [0.2, 0.25) is 5.02 Å². The van der Waals surface area contributed by atoms with Gasteiger partial charge in [-0.1, -0.05) is 41.9 Å². The largest absolute Gasteiger partial charge is 0.484 e. The van der Waals surface area contributed by atoms with E-state index in [1.54, 1.807) is 24.3 Å². The van der Waals surface area contributed by atoms with Gasteiger partial charge in [0.2, 0.25) is 5.91 Å². The fraction of sp³-hybridized carbons (Fsp3) is 0.263. The molecule has 0 spiro atoms. The summed E-state index contributed by atoms with van der Waals surface area (Å²) in [4.78, 5) is 23.4. The van der Waals surface area contributed by atoms with E-state index in [4.69, 9.17) is 16.3 Å². The zero-order valence-corrected chi connectivity index (χ0v) is 14.6. The number of hydrogen-bond donors (Lipinski definition) is 2. The van der Waals surface area contributed by atoms with Crippen LogP contribution in [-0.4, -0.2) is 31.5 Å². The number of rotatable bonds is 9. The summed E-state index contributed by atoms with van der Waals surface area (Å²) in [6.07, 6.45) is 1.13. The lowest BCUT2D eigenvalue weighted by molar-refractivity contribution is -0.124. The van der Waals surface area contributed by atoms with Crippen molar-refractivity contribution in [3.8, 4) is 5.75 Å². The number of aryl methyl sites for hydroxylation is 1. The number of amides is 2. The Labute approximate surface area is 152 Å². The van der Waals surface area contributed by atoms with Crippen molar-refractivity contribution in [3.05, 3.63) is 65.2 Å². The Morgan fingerprint density at radius 3 is 2.20 bits per heavy atom. The highest BCUT2D eigenvalue weighted by Gasteiger charge is 2.04. The van der Waals surface area contributed by atoms with Crippen LogP contribution in [0.15, 0.2) is 54.6 Å². The lowest BCUT2D eigenvalue weighted by atomic mass is 10.1. The highest BCUT2D eigenvalue weighted by molar-refractivity contribution is 6.30. The molecule has 0 saturated heterocycles. The number of carbonyl (C=O) groups is 2. The summed E-state index contributed by atoms with van der Waals surface area (Å²) >= 11 is 5.77. The molecule has 0 aliphatic heterocycles. The molecule has 0 aromatic heterocycles. The number of benzene rings is 2. The van der Waals surface area contributed by atoms with E-state index >= 15 is 0 Å². The van der Waals surface area contributed by atoms with Gasteiger partial charge in [-0.15, -0.1) is 0 Å². The molecule has 0 radical (unpaired) electrons. The zero-order chi connectivity index (χ0) is 17.9. The van der Waals surface area contributed by atoms with E-state index in [9.17, 15) is 9.59 Å². The van der Waals surface area contributed by atoms with Crippen molar-refractivity contribution in [1.29, 1.82) is 0 Å². The second kappa shape index (κ2) is 10.4. The first-order chi connectivity index (χ1) is 12.1. The van der Waals surface area contributed by atoms with Gasteiger partial charge in [0.05, 0.1) is 0 Å². The summed E-state index contributed by atoms with van der Waals surface area (Å²) in [5.41, 5.74) is 1.13. The van der Waals surface area contributed by atoms with E-state index in [-0.39, 0.29) is 18.4 Å². The molecule has 5 nitrogen and oxygen atoms in total. The van der Waals surface area contributed by atoms with Crippen molar-refractivity contribution in [2.24, 2.45) is 0 Å². The molecule has 0 bridgehead atoms. The topological polar surface area (TPSA) is 67.4 Å². The van der Waals surface area contributed by atoms with Crippen LogP contribution in [0.25, 0.3) is 0 Å². The second-order valence-electron chi connectivity index (χ2n) is 5.43. The minimum atomic E-state index is -0.242. The van der Waals surface area contributed by atoms with Crippen molar-refractivity contribution in [2.75, 3.05) is 19.7 Å². The highest BCUT2D eigenvalue weighted by atomic mass is 35.5. The molecule has 6 heteroatoms. The Balaban J connectivity index is 1.53. The van der Waals surface area contributed by atoms with Crippen LogP contribution in [0.5, 0.6) is 5.75 Å². The first-order valence-corrected chi connectivity index (χ1v) is 8.47. The molecule has 0 aliphatic rings. The van der Waals surface area contributed by atoms with Crippen LogP contribution in [0.4, 0.5) is 0 Å². The lowest BCUT2D eigenvalue weighted by Gasteiger charge is -2.08. The van der Waals surface area contributed by atoms with Crippen LogP contribution < -0.4 is 15.4 Å². The number of ether oxygens (including phenoxy) is 1. The van der Waals surface area contributed by atoms with Gasteiger partial charge in [0.1, 0.15) is 5.75 Å². The van der Waals surface area contributed by atoms with Gasteiger partial charge in [-0.05, 0) is 36.2 Å². The van der Waals surface area contributed by atoms with Crippen LogP contribution in [0.3, 0.4) is 0 Å². The maximum absolute atomic E-state index is 11.7. The molecule has 25 heavy (non-hydrogen) atoms. The third kappa shape index (κ3) is 7.72. The fourth-order valence-electron chi connectivity index (χ4n) is 2.13. The summed E-state index contributed by atoms with van der Waals surface area (Å²) in [6, 6.07) is 16.6. The summed E-state index contributed by atoms with van der Waals surface area (Å²) in [5, 5.41) is 6.08. The first-order valence-electron chi connectivity index (χ1n) is 8.09. The highest BCUT2D eigenvalue weighted by Crippen LogP contribution is 2.15. The Hall–Kier alpha value is -2.53. The van der Waals surface area contributed by atoms with Gasteiger partial charge in [-0.25, -0.2) is 0 Å². The monoisotopic (exact) mass is 360 g/mol.